The second kappa shape index (κ2) is 5.41. The normalized spacial score (nSPS) is 19.9. The average Bonchev–Trinajstić information content (AvgIpc) is 2.80. The second-order valence-corrected chi connectivity index (χ2v) is 4.26. The number of methoxy groups -OCH3 is 1. The first-order valence-electron chi connectivity index (χ1n) is 5.81. The van der Waals surface area contributed by atoms with Crippen LogP contribution in [0, 0.1) is 5.92 Å². The monoisotopic (exact) mass is 226 g/mol. The first-order valence-corrected chi connectivity index (χ1v) is 5.81. The quantitative estimate of drug-likeness (QED) is 0.848. The first-order chi connectivity index (χ1) is 7.85. The standard InChI is InChI=1S/C11H18N2O3/c1-15-10(8-5-3-2-4-6-8)11-12-9(7-14)16-13-11/h8,10,14H,2-7H2,1H3. The molecule has 16 heavy (non-hydrogen) atoms. The van der Waals surface area contributed by atoms with Crippen LogP contribution in [0.25, 0.3) is 0 Å². The zero-order valence-corrected chi connectivity index (χ0v) is 9.56. The van der Waals surface area contributed by atoms with Gasteiger partial charge in [-0.3, -0.25) is 0 Å². The van der Waals surface area contributed by atoms with Crippen LogP contribution in [-0.4, -0.2) is 22.4 Å². The number of hydrogen-bond acceptors (Lipinski definition) is 5. The van der Waals surface area contributed by atoms with Crippen molar-refractivity contribution in [2.45, 2.75) is 44.8 Å². The SMILES string of the molecule is COC(c1noc(CO)n1)C1CCCCC1. The van der Waals surface area contributed by atoms with Crippen LogP contribution in [0.3, 0.4) is 0 Å². The Kier molecular flexibility index (Phi) is 3.90. The van der Waals surface area contributed by atoms with E-state index in [1.807, 2.05) is 0 Å². The minimum Gasteiger partial charge on any atom is -0.387 e. The number of aromatic nitrogens is 2. The molecule has 0 aromatic carbocycles. The number of rotatable bonds is 4. The van der Waals surface area contributed by atoms with Gasteiger partial charge >= 0.3 is 0 Å². The van der Waals surface area contributed by atoms with E-state index in [1.165, 1.54) is 19.3 Å². The Bertz CT molecular complexity index is 321. The molecule has 0 saturated heterocycles. The fourth-order valence-electron chi connectivity index (χ4n) is 2.39. The number of hydrogen-bond donors (Lipinski definition) is 1. The lowest BCUT2D eigenvalue weighted by Gasteiger charge is -2.26. The van der Waals surface area contributed by atoms with Crippen LogP contribution >= 0.6 is 0 Å². The first kappa shape index (κ1) is 11.5. The lowest BCUT2D eigenvalue weighted by Crippen LogP contribution is -2.19. The van der Waals surface area contributed by atoms with Crippen molar-refractivity contribution >= 4 is 0 Å². The van der Waals surface area contributed by atoms with E-state index in [1.54, 1.807) is 7.11 Å². The molecular formula is C11H18N2O3. The summed E-state index contributed by atoms with van der Waals surface area (Å²) in [7, 11) is 1.67. The number of aliphatic hydroxyl groups excluding tert-OH is 1. The molecule has 1 unspecified atom stereocenters. The summed E-state index contributed by atoms with van der Waals surface area (Å²) in [4.78, 5) is 4.12. The van der Waals surface area contributed by atoms with Crippen LogP contribution in [0.15, 0.2) is 4.52 Å². The highest BCUT2D eigenvalue weighted by molar-refractivity contribution is 4.94. The summed E-state index contributed by atoms with van der Waals surface area (Å²) >= 11 is 0. The maximum Gasteiger partial charge on any atom is 0.252 e. The van der Waals surface area contributed by atoms with Gasteiger partial charge in [0.2, 0.25) is 5.82 Å². The highest BCUT2D eigenvalue weighted by Crippen LogP contribution is 2.35. The van der Waals surface area contributed by atoms with Crippen LogP contribution in [0.5, 0.6) is 0 Å². The minimum atomic E-state index is -0.214. The number of nitrogens with zero attached hydrogens (tertiary/aromatic N) is 2. The smallest absolute Gasteiger partial charge is 0.252 e. The van der Waals surface area contributed by atoms with Crippen LogP contribution in [0.1, 0.15) is 49.9 Å². The summed E-state index contributed by atoms with van der Waals surface area (Å²) in [6.07, 6.45) is 6.01. The van der Waals surface area contributed by atoms with Crippen molar-refractivity contribution in [3.05, 3.63) is 11.7 Å². The molecular weight excluding hydrogens is 208 g/mol. The Hall–Kier alpha value is -0.940. The van der Waals surface area contributed by atoms with E-state index in [-0.39, 0.29) is 18.6 Å². The van der Waals surface area contributed by atoms with Gasteiger partial charge in [-0.1, -0.05) is 24.4 Å². The van der Waals surface area contributed by atoms with Crippen LogP contribution in [0.2, 0.25) is 0 Å². The molecule has 1 aliphatic rings. The molecule has 1 N–H and O–H groups in total. The molecule has 0 spiro atoms. The van der Waals surface area contributed by atoms with Crippen LogP contribution in [-0.2, 0) is 11.3 Å². The lowest BCUT2D eigenvalue weighted by atomic mass is 9.85. The summed E-state index contributed by atoms with van der Waals surface area (Å²) < 4.78 is 10.4. The average molecular weight is 226 g/mol. The minimum absolute atomic E-state index is 0.0932. The molecule has 1 aromatic rings. The maximum atomic E-state index is 8.88. The molecule has 0 amide bonds. The van der Waals surface area contributed by atoms with E-state index in [0.29, 0.717) is 11.7 Å². The third kappa shape index (κ3) is 2.41. The zero-order chi connectivity index (χ0) is 11.4. The second-order valence-electron chi connectivity index (χ2n) is 4.26. The molecule has 1 aromatic heterocycles. The summed E-state index contributed by atoms with van der Waals surface area (Å²) in [5.41, 5.74) is 0. The highest BCUT2D eigenvalue weighted by Gasteiger charge is 2.28. The van der Waals surface area contributed by atoms with Gasteiger partial charge in [-0.15, -0.1) is 0 Å². The van der Waals surface area contributed by atoms with Crippen molar-refractivity contribution in [3.8, 4) is 0 Å². The number of aliphatic hydroxyl groups is 1. The van der Waals surface area contributed by atoms with Crippen LogP contribution < -0.4 is 0 Å². The largest absolute Gasteiger partial charge is 0.387 e. The van der Waals surface area contributed by atoms with Gasteiger partial charge in [-0.25, -0.2) is 0 Å². The van der Waals surface area contributed by atoms with Gasteiger partial charge in [0.05, 0.1) is 0 Å². The molecule has 0 aliphatic heterocycles. The summed E-state index contributed by atoms with van der Waals surface area (Å²) in [5.74, 6) is 1.30. The molecule has 90 valence electrons. The molecule has 1 atom stereocenters. The third-order valence-electron chi connectivity index (χ3n) is 3.21. The van der Waals surface area contributed by atoms with E-state index in [2.05, 4.69) is 10.1 Å². The van der Waals surface area contributed by atoms with Crippen molar-refractivity contribution < 1.29 is 14.4 Å². The van der Waals surface area contributed by atoms with Gasteiger partial charge in [0.1, 0.15) is 12.7 Å². The molecule has 5 heteroatoms. The Morgan fingerprint density at radius 1 is 1.44 bits per heavy atom. The Morgan fingerprint density at radius 3 is 2.75 bits per heavy atom. The molecule has 1 saturated carbocycles. The van der Waals surface area contributed by atoms with E-state index in [0.717, 1.165) is 12.8 Å². The van der Waals surface area contributed by atoms with E-state index < -0.39 is 0 Å². The zero-order valence-electron chi connectivity index (χ0n) is 9.56. The van der Waals surface area contributed by atoms with E-state index in [9.17, 15) is 0 Å². The summed E-state index contributed by atoms with van der Waals surface area (Å²) in [6.45, 7) is -0.214. The Morgan fingerprint density at radius 2 is 2.19 bits per heavy atom. The molecule has 0 bridgehead atoms. The fourth-order valence-corrected chi connectivity index (χ4v) is 2.39. The van der Waals surface area contributed by atoms with Crippen molar-refractivity contribution in [2.24, 2.45) is 5.92 Å². The fraction of sp³-hybridized carbons (Fsp3) is 0.818. The molecule has 1 fully saturated rings. The van der Waals surface area contributed by atoms with Gasteiger partial charge in [0.15, 0.2) is 0 Å². The van der Waals surface area contributed by atoms with E-state index >= 15 is 0 Å². The topological polar surface area (TPSA) is 68.4 Å². The van der Waals surface area contributed by atoms with Crippen molar-refractivity contribution in [3.63, 3.8) is 0 Å². The van der Waals surface area contributed by atoms with Crippen molar-refractivity contribution in [1.82, 2.24) is 10.1 Å². The predicted molar refractivity (Wildman–Crippen MR) is 56.5 cm³/mol. The Labute approximate surface area is 94.8 Å². The summed E-state index contributed by atoms with van der Waals surface area (Å²) in [6, 6.07) is 0. The van der Waals surface area contributed by atoms with Crippen LogP contribution in [0.4, 0.5) is 0 Å². The molecule has 1 heterocycles. The van der Waals surface area contributed by atoms with Gasteiger partial charge < -0.3 is 14.4 Å². The van der Waals surface area contributed by atoms with Gasteiger partial charge in [-0.05, 0) is 18.8 Å². The van der Waals surface area contributed by atoms with E-state index in [4.69, 9.17) is 14.4 Å². The predicted octanol–water partition coefficient (Wildman–Crippen LogP) is 1.83. The van der Waals surface area contributed by atoms with Crippen molar-refractivity contribution in [2.75, 3.05) is 7.11 Å². The van der Waals surface area contributed by atoms with Crippen molar-refractivity contribution in [1.29, 1.82) is 0 Å². The molecule has 0 radical (unpaired) electrons. The third-order valence-corrected chi connectivity index (χ3v) is 3.21. The number of ether oxygens (including phenoxy) is 1. The van der Waals surface area contributed by atoms with Gasteiger partial charge in [0.25, 0.3) is 5.89 Å². The van der Waals surface area contributed by atoms with Gasteiger partial charge in [-0.2, -0.15) is 4.98 Å². The Balaban J connectivity index is 2.08. The highest BCUT2D eigenvalue weighted by atomic mass is 16.5. The van der Waals surface area contributed by atoms with Gasteiger partial charge in [0, 0.05) is 7.11 Å². The molecule has 1 aliphatic carbocycles. The molecule has 2 rings (SSSR count). The summed E-state index contributed by atoms with van der Waals surface area (Å²) in [5, 5.41) is 12.7. The lowest BCUT2D eigenvalue weighted by molar-refractivity contribution is 0.0273. The maximum absolute atomic E-state index is 8.88. The molecule has 5 nitrogen and oxygen atoms in total.